The number of anilines is 1. The lowest BCUT2D eigenvalue weighted by Gasteiger charge is -2.12. The van der Waals surface area contributed by atoms with Crippen molar-refractivity contribution in [1.82, 2.24) is 9.78 Å². The number of aromatic nitrogens is 2. The first-order valence-electron chi connectivity index (χ1n) is 8.26. The van der Waals surface area contributed by atoms with Gasteiger partial charge in [0, 0.05) is 6.07 Å². The Morgan fingerprint density at radius 3 is 2.48 bits per heavy atom. The summed E-state index contributed by atoms with van der Waals surface area (Å²) in [7, 11) is 0. The van der Waals surface area contributed by atoms with Gasteiger partial charge in [0.2, 0.25) is 5.88 Å². The number of nitrogens with one attached hydrogen (secondary N) is 1. The quantitative estimate of drug-likeness (QED) is 0.564. The van der Waals surface area contributed by atoms with Crippen molar-refractivity contribution >= 4 is 34.8 Å². The molecule has 0 spiro atoms. The minimum atomic E-state index is -4.69. The van der Waals surface area contributed by atoms with Crippen LogP contribution in [0.2, 0.25) is 10.0 Å². The third-order valence-corrected chi connectivity index (χ3v) is 4.52. The average Bonchev–Trinajstić information content (AvgIpc) is 3.08. The second-order valence-electron chi connectivity index (χ2n) is 6.00. The molecule has 0 saturated carbocycles. The SMILES string of the molecule is Cc1cccc(Cl)c1NC(=O)COc1cc(C(F)(F)F)nn1-c1ccccc1Cl. The van der Waals surface area contributed by atoms with Crippen LogP contribution < -0.4 is 10.1 Å². The monoisotopic (exact) mass is 443 g/mol. The molecule has 1 amide bonds. The second-order valence-corrected chi connectivity index (χ2v) is 6.81. The van der Waals surface area contributed by atoms with E-state index in [2.05, 4.69) is 10.4 Å². The molecule has 1 heterocycles. The minimum Gasteiger partial charge on any atom is -0.467 e. The van der Waals surface area contributed by atoms with E-state index >= 15 is 0 Å². The molecule has 0 unspecified atom stereocenters. The standard InChI is InChI=1S/C19H14Cl2F3N3O2/c1-11-5-4-7-13(21)18(11)25-16(28)10-29-17-9-15(19(22,23)24)26-27(17)14-8-3-2-6-12(14)20/h2-9H,10H2,1H3,(H,25,28). The van der Waals surface area contributed by atoms with Crippen LogP contribution in [0.4, 0.5) is 18.9 Å². The molecule has 3 rings (SSSR count). The summed E-state index contributed by atoms with van der Waals surface area (Å²) < 4.78 is 45.6. The number of hydrogen-bond acceptors (Lipinski definition) is 3. The van der Waals surface area contributed by atoms with Gasteiger partial charge in [0.25, 0.3) is 5.91 Å². The van der Waals surface area contributed by atoms with Crippen molar-refractivity contribution in [2.24, 2.45) is 0 Å². The highest BCUT2D eigenvalue weighted by molar-refractivity contribution is 6.34. The van der Waals surface area contributed by atoms with E-state index < -0.39 is 24.4 Å². The summed E-state index contributed by atoms with van der Waals surface area (Å²) in [4.78, 5) is 12.2. The van der Waals surface area contributed by atoms with Crippen molar-refractivity contribution in [2.45, 2.75) is 13.1 Å². The van der Waals surface area contributed by atoms with Gasteiger partial charge in [-0.05, 0) is 30.7 Å². The number of halogens is 5. The molecule has 0 aliphatic rings. The van der Waals surface area contributed by atoms with Gasteiger partial charge in [0.1, 0.15) is 0 Å². The van der Waals surface area contributed by atoms with Crippen LogP contribution in [-0.4, -0.2) is 22.3 Å². The average molecular weight is 444 g/mol. The number of carbonyl (C=O) groups excluding carboxylic acids is 1. The molecule has 2 aromatic carbocycles. The Morgan fingerprint density at radius 2 is 1.83 bits per heavy atom. The Hall–Kier alpha value is -2.71. The van der Waals surface area contributed by atoms with Crippen molar-refractivity contribution in [3.05, 3.63) is 69.8 Å². The summed E-state index contributed by atoms with van der Waals surface area (Å²) in [5.74, 6) is -0.877. The Labute approximate surface area is 174 Å². The fraction of sp³-hybridized carbons (Fsp3) is 0.158. The van der Waals surface area contributed by atoms with Crippen molar-refractivity contribution < 1.29 is 22.7 Å². The first-order valence-corrected chi connectivity index (χ1v) is 9.02. The van der Waals surface area contributed by atoms with Crippen molar-refractivity contribution in [2.75, 3.05) is 11.9 Å². The van der Waals surface area contributed by atoms with Gasteiger partial charge in [0.05, 0.1) is 21.4 Å². The molecular weight excluding hydrogens is 430 g/mol. The first-order chi connectivity index (χ1) is 13.7. The zero-order chi connectivity index (χ0) is 21.2. The predicted octanol–water partition coefficient (Wildman–Crippen LogP) is 5.52. The number of alkyl halides is 3. The maximum atomic E-state index is 13.1. The Bertz CT molecular complexity index is 1030. The van der Waals surface area contributed by atoms with Gasteiger partial charge in [0.15, 0.2) is 12.3 Å². The third-order valence-electron chi connectivity index (χ3n) is 3.89. The highest BCUT2D eigenvalue weighted by Crippen LogP contribution is 2.33. The number of rotatable bonds is 5. The van der Waals surface area contributed by atoms with Crippen LogP contribution in [0.25, 0.3) is 5.69 Å². The maximum Gasteiger partial charge on any atom is 0.435 e. The summed E-state index contributed by atoms with van der Waals surface area (Å²) in [6, 6.07) is 12.0. The second kappa shape index (κ2) is 8.34. The topological polar surface area (TPSA) is 56.1 Å². The normalized spacial score (nSPS) is 11.4. The first kappa shape index (κ1) is 21.0. The van der Waals surface area contributed by atoms with Gasteiger partial charge in [-0.15, -0.1) is 0 Å². The molecule has 1 N–H and O–H groups in total. The highest BCUT2D eigenvalue weighted by Gasteiger charge is 2.36. The number of hydrogen-bond donors (Lipinski definition) is 1. The van der Waals surface area contributed by atoms with Gasteiger partial charge < -0.3 is 10.1 Å². The van der Waals surface area contributed by atoms with Crippen LogP contribution in [0.5, 0.6) is 5.88 Å². The van der Waals surface area contributed by atoms with E-state index in [1.54, 1.807) is 37.3 Å². The van der Waals surface area contributed by atoms with Crippen LogP contribution in [0, 0.1) is 6.92 Å². The Morgan fingerprint density at radius 1 is 1.14 bits per heavy atom. The Balaban J connectivity index is 1.84. The molecule has 0 saturated heterocycles. The number of carbonyl (C=O) groups is 1. The molecule has 0 aliphatic heterocycles. The van der Waals surface area contributed by atoms with Crippen LogP contribution in [0.15, 0.2) is 48.5 Å². The smallest absolute Gasteiger partial charge is 0.435 e. The number of para-hydroxylation sites is 2. The molecule has 0 bridgehead atoms. The molecule has 0 fully saturated rings. The fourth-order valence-corrected chi connectivity index (χ4v) is 2.99. The molecule has 10 heteroatoms. The lowest BCUT2D eigenvalue weighted by molar-refractivity contribution is -0.141. The summed E-state index contributed by atoms with van der Waals surface area (Å²) in [5.41, 5.74) is 0.140. The van der Waals surface area contributed by atoms with E-state index in [4.69, 9.17) is 27.9 Å². The van der Waals surface area contributed by atoms with Crippen molar-refractivity contribution in [1.29, 1.82) is 0 Å². The van der Waals surface area contributed by atoms with Crippen LogP contribution in [0.1, 0.15) is 11.3 Å². The molecule has 0 radical (unpaired) electrons. The van der Waals surface area contributed by atoms with Crippen molar-refractivity contribution in [3.63, 3.8) is 0 Å². The Kier molecular flexibility index (Phi) is 6.04. The van der Waals surface area contributed by atoms with E-state index in [-0.39, 0.29) is 16.6 Å². The lowest BCUT2D eigenvalue weighted by atomic mass is 10.2. The number of ether oxygens (including phenoxy) is 1. The van der Waals surface area contributed by atoms with E-state index in [0.717, 1.165) is 10.2 Å². The lowest BCUT2D eigenvalue weighted by Crippen LogP contribution is -2.21. The molecular formula is C19H14Cl2F3N3O2. The van der Waals surface area contributed by atoms with E-state index in [1.807, 2.05) is 0 Å². The van der Waals surface area contributed by atoms with Crippen LogP contribution in [0.3, 0.4) is 0 Å². The molecule has 0 atom stereocenters. The van der Waals surface area contributed by atoms with E-state index in [1.165, 1.54) is 12.1 Å². The van der Waals surface area contributed by atoms with Crippen molar-refractivity contribution in [3.8, 4) is 11.6 Å². The minimum absolute atomic E-state index is 0.172. The number of nitrogens with zero attached hydrogens (tertiary/aromatic N) is 2. The molecule has 152 valence electrons. The molecule has 29 heavy (non-hydrogen) atoms. The maximum absolute atomic E-state index is 13.1. The van der Waals surface area contributed by atoms with Crippen LogP contribution in [-0.2, 0) is 11.0 Å². The number of benzene rings is 2. The van der Waals surface area contributed by atoms with Crippen LogP contribution >= 0.6 is 23.2 Å². The summed E-state index contributed by atoms with van der Waals surface area (Å²) in [6.07, 6.45) is -4.69. The fourth-order valence-electron chi connectivity index (χ4n) is 2.51. The summed E-state index contributed by atoms with van der Waals surface area (Å²) in [6.45, 7) is 1.20. The molecule has 3 aromatic rings. The van der Waals surface area contributed by atoms with Gasteiger partial charge >= 0.3 is 6.18 Å². The molecule has 5 nitrogen and oxygen atoms in total. The van der Waals surface area contributed by atoms with Gasteiger partial charge in [-0.2, -0.15) is 23.0 Å². The van der Waals surface area contributed by atoms with Gasteiger partial charge in [-0.25, -0.2) is 0 Å². The van der Waals surface area contributed by atoms with Gasteiger partial charge in [-0.3, -0.25) is 4.79 Å². The predicted molar refractivity (Wildman–Crippen MR) is 104 cm³/mol. The molecule has 0 aliphatic carbocycles. The van der Waals surface area contributed by atoms with E-state index in [9.17, 15) is 18.0 Å². The van der Waals surface area contributed by atoms with E-state index in [0.29, 0.717) is 16.8 Å². The third kappa shape index (κ3) is 4.83. The zero-order valence-electron chi connectivity index (χ0n) is 14.9. The zero-order valence-corrected chi connectivity index (χ0v) is 16.4. The summed E-state index contributed by atoms with van der Waals surface area (Å²) >= 11 is 12.1. The number of amides is 1. The highest BCUT2D eigenvalue weighted by atomic mass is 35.5. The number of aryl methyl sites for hydroxylation is 1. The van der Waals surface area contributed by atoms with Gasteiger partial charge in [-0.1, -0.05) is 47.5 Å². The summed E-state index contributed by atoms with van der Waals surface area (Å²) in [5, 5.41) is 6.62. The molecule has 1 aromatic heterocycles. The largest absolute Gasteiger partial charge is 0.467 e.